The predicted octanol–water partition coefficient (Wildman–Crippen LogP) is 4.23. The van der Waals surface area contributed by atoms with Gasteiger partial charge in [-0.3, -0.25) is 0 Å². The molecular formula is C20H20ClF4N5O2. The fourth-order valence-corrected chi connectivity index (χ4v) is 3.93. The SMILES string of the molecule is CC(Nc1nc(Cl)nc2c1CN(C(=O)N1CCOCC1)C2)c1cc(F)cc(C(F)(F)F)c1. The molecule has 1 N–H and O–H groups in total. The van der Waals surface area contributed by atoms with Crippen molar-refractivity contribution in [3.63, 3.8) is 0 Å². The first-order chi connectivity index (χ1) is 15.1. The van der Waals surface area contributed by atoms with E-state index in [1.165, 1.54) is 0 Å². The molecule has 1 aromatic heterocycles. The van der Waals surface area contributed by atoms with E-state index in [-0.39, 0.29) is 30.0 Å². The number of carbonyl (C=O) groups excluding carboxylic acids is 1. The first-order valence-electron chi connectivity index (χ1n) is 9.93. The molecule has 1 aromatic carbocycles. The van der Waals surface area contributed by atoms with E-state index in [9.17, 15) is 22.4 Å². The molecule has 1 unspecified atom stereocenters. The zero-order valence-electron chi connectivity index (χ0n) is 17.0. The second-order valence-corrected chi connectivity index (χ2v) is 7.98. The molecule has 172 valence electrons. The zero-order valence-corrected chi connectivity index (χ0v) is 17.8. The summed E-state index contributed by atoms with van der Waals surface area (Å²) in [6.45, 7) is 3.95. The summed E-state index contributed by atoms with van der Waals surface area (Å²) in [6.07, 6.45) is -4.67. The molecule has 1 fully saturated rings. The van der Waals surface area contributed by atoms with Gasteiger partial charge < -0.3 is 19.9 Å². The Labute approximate surface area is 186 Å². The summed E-state index contributed by atoms with van der Waals surface area (Å²) in [4.78, 5) is 24.5. The number of carbonyl (C=O) groups is 1. The van der Waals surface area contributed by atoms with Crippen molar-refractivity contribution in [3.05, 3.63) is 51.7 Å². The summed E-state index contributed by atoms with van der Waals surface area (Å²) in [5.74, 6) is -0.695. The maximum absolute atomic E-state index is 13.8. The van der Waals surface area contributed by atoms with Crippen LogP contribution in [0.5, 0.6) is 0 Å². The molecule has 1 atom stereocenters. The topological polar surface area (TPSA) is 70.6 Å². The lowest BCUT2D eigenvalue weighted by Gasteiger charge is -2.30. The number of anilines is 1. The molecule has 4 rings (SSSR count). The summed E-state index contributed by atoms with van der Waals surface area (Å²) in [6, 6.07) is 1.49. The number of hydrogen-bond donors (Lipinski definition) is 1. The van der Waals surface area contributed by atoms with Crippen molar-refractivity contribution in [3.8, 4) is 0 Å². The molecule has 0 radical (unpaired) electrons. The monoisotopic (exact) mass is 473 g/mol. The number of nitrogens with zero attached hydrogens (tertiary/aromatic N) is 4. The van der Waals surface area contributed by atoms with Gasteiger partial charge in [-0.05, 0) is 42.3 Å². The maximum Gasteiger partial charge on any atom is 0.416 e. The van der Waals surface area contributed by atoms with Gasteiger partial charge in [-0.1, -0.05) is 0 Å². The van der Waals surface area contributed by atoms with Crippen molar-refractivity contribution < 1.29 is 27.1 Å². The quantitative estimate of drug-likeness (QED) is 0.533. The fraction of sp³-hybridized carbons (Fsp3) is 0.450. The summed E-state index contributed by atoms with van der Waals surface area (Å²) in [7, 11) is 0. The lowest BCUT2D eigenvalue weighted by atomic mass is 10.0. The first kappa shape index (κ1) is 22.5. The third-order valence-corrected chi connectivity index (χ3v) is 5.58. The van der Waals surface area contributed by atoms with E-state index in [0.29, 0.717) is 49.4 Å². The van der Waals surface area contributed by atoms with Crippen molar-refractivity contribution in [1.29, 1.82) is 0 Å². The van der Waals surface area contributed by atoms with E-state index in [0.717, 1.165) is 12.1 Å². The van der Waals surface area contributed by atoms with Crippen molar-refractivity contribution >= 4 is 23.4 Å². The summed E-state index contributed by atoms with van der Waals surface area (Å²) in [5.41, 5.74) is 0.196. The minimum atomic E-state index is -4.67. The molecule has 2 amide bonds. The normalized spacial score (nSPS) is 17.3. The van der Waals surface area contributed by atoms with Crippen LogP contribution in [0, 0.1) is 5.82 Å². The highest BCUT2D eigenvalue weighted by Crippen LogP contribution is 2.34. The van der Waals surface area contributed by atoms with Gasteiger partial charge >= 0.3 is 12.2 Å². The Bertz CT molecular complexity index is 1030. The van der Waals surface area contributed by atoms with Gasteiger partial charge in [0.15, 0.2) is 0 Å². The number of aromatic nitrogens is 2. The Kier molecular flexibility index (Phi) is 6.13. The van der Waals surface area contributed by atoms with E-state index in [4.69, 9.17) is 16.3 Å². The van der Waals surface area contributed by atoms with Crippen LogP contribution in [0.15, 0.2) is 18.2 Å². The molecule has 32 heavy (non-hydrogen) atoms. The van der Waals surface area contributed by atoms with Crippen LogP contribution < -0.4 is 5.32 Å². The number of ether oxygens (including phenoxy) is 1. The van der Waals surface area contributed by atoms with Gasteiger partial charge in [0.05, 0.1) is 43.6 Å². The first-order valence-corrected chi connectivity index (χ1v) is 10.3. The summed E-state index contributed by atoms with van der Waals surface area (Å²) in [5, 5.41) is 2.94. The summed E-state index contributed by atoms with van der Waals surface area (Å²) < 4.78 is 58.3. The van der Waals surface area contributed by atoms with Crippen molar-refractivity contribution in [2.24, 2.45) is 0 Å². The Hall–Kier alpha value is -2.66. The minimum Gasteiger partial charge on any atom is -0.378 e. The predicted molar refractivity (Wildman–Crippen MR) is 108 cm³/mol. The van der Waals surface area contributed by atoms with Crippen LogP contribution in [0.4, 0.5) is 28.2 Å². The third-order valence-electron chi connectivity index (χ3n) is 5.41. The molecule has 3 heterocycles. The number of amides is 2. The Balaban J connectivity index is 1.56. The highest BCUT2D eigenvalue weighted by molar-refractivity contribution is 6.28. The molecule has 0 spiro atoms. The van der Waals surface area contributed by atoms with E-state index in [1.54, 1.807) is 16.7 Å². The number of urea groups is 1. The van der Waals surface area contributed by atoms with Crippen LogP contribution >= 0.6 is 11.6 Å². The molecule has 0 saturated carbocycles. The number of fused-ring (bicyclic) bond motifs is 1. The van der Waals surface area contributed by atoms with Gasteiger partial charge in [0, 0.05) is 18.7 Å². The van der Waals surface area contributed by atoms with Crippen molar-refractivity contribution in [1.82, 2.24) is 19.8 Å². The highest BCUT2D eigenvalue weighted by atomic mass is 35.5. The largest absolute Gasteiger partial charge is 0.416 e. The lowest BCUT2D eigenvalue weighted by Crippen LogP contribution is -2.46. The standard InChI is InChI=1S/C20H20ClF4N5O2/c1-11(12-6-13(20(23,24)25)8-14(22)7-12)26-17-15-9-30(10-16(15)27-18(21)28-17)19(31)29-2-4-32-5-3-29/h6-8,11H,2-5,9-10H2,1H3,(H,26,27,28). The highest BCUT2D eigenvalue weighted by Gasteiger charge is 2.33. The van der Waals surface area contributed by atoms with Gasteiger partial charge in [-0.2, -0.15) is 13.2 Å². The number of benzene rings is 1. The van der Waals surface area contributed by atoms with Crippen LogP contribution in [0.3, 0.4) is 0 Å². The van der Waals surface area contributed by atoms with E-state index < -0.39 is 23.6 Å². The molecule has 0 bridgehead atoms. The van der Waals surface area contributed by atoms with Crippen molar-refractivity contribution in [2.75, 3.05) is 31.6 Å². The Morgan fingerprint density at radius 2 is 1.88 bits per heavy atom. The van der Waals surface area contributed by atoms with Gasteiger partial charge in [-0.25, -0.2) is 19.2 Å². The Morgan fingerprint density at radius 1 is 1.16 bits per heavy atom. The number of rotatable bonds is 3. The minimum absolute atomic E-state index is 0.0608. The number of morpholine rings is 1. The number of halogens is 5. The second-order valence-electron chi connectivity index (χ2n) is 7.64. The maximum atomic E-state index is 13.8. The number of nitrogens with one attached hydrogen (secondary N) is 1. The molecular weight excluding hydrogens is 454 g/mol. The smallest absolute Gasteiger partial charge is 0.378 e. The van der Waals surface area contributed by atoms with Crippen LogP contribution in [-0.4, -0.2) is 52.1 Å². The second kappa shape index (κ2) is 8.70. The van der Waals surface area contributed by atoms with Crippen LogP contribution in [0.1, 0.15) is 35.3 Å². The van der Waals surface area contributed by atoms with Crippen molar-refractivity contribution in [2.45, 2.75) is 32.2 Å². The fourth-order valence-electron chi connectivity index (χ4n) is 3.75. The Morgan fingerprint density at radius 3 is 2.56 bits per heavy atom. The molecule has 1 saturated heterocycles. The van der Waals surface area contributed by atoms with Crippen LogP contribution in [0.2, 0.25) is 5.28 Å². The van der Waals surface area contributed by atoms with Gasteiger partial charge in [0.25, 0.3) is 0 Å². The molecule has 2 aliphatic heterocycles. The third kappa shape index (κ3) is 4.73. The van der Waals surface area contributed by atoms with Gasteiger partial charge in [0.2, 0.25) is 5.28 Å². The lowest BCUT2D eigenvalue weighted by molar-refractivity contribution is -0.137. The number of hydrogen-bond acceptors (Lipinski definition) is 5. The van der Waals surface area contributed by atoms with Gasteiger partial charge in [-0.15, -0.1) is 0 Å². The molecule has 2 aromatic rings. The van der Waals surface area contributed by atoms with Gasteiger partial charge in [0.1, 0.15) is 11.6 Å². The van der Waals surface area contributed by atoms with E-state index in [1.807, 2.05) is 0 Å². The van der Waals surface area contributed by atoms with Crippen LogP contribution in [-0.2, 0) is 24.0 Å². The van der Waals surface area contributed by atoms with E-state index in [2.05, 4.69) is 15.3 Å². The zero-order chi connectivity index (χ0) is 23.0. The number of alkyl halides is 3. The van der Waals surface area contributed by atoms with E-state index >= 15 is 0 Å². The molecule has 12 heteroatoms. The average molecular weight is 474 g/mol. The van der Waals surface area contributed by atoms with Crippen LogP contribution in [0.25, 0.3) is 0 Å². The summed E-state index contributed by atoms with van der Waals surface area (Å²) >= 11 is 6.04. The average Bonchev–Trinajstić information content (AvgIpc) is 3.17. The molecule has 7 nitrogen and oxygen atoms in total. The molecule has 2 aliphatic rings. The molecule has 0 aliphatic carbocycles.